The molecule has 4 aliphatic rings. The molecule has 0 spiro atoms. The van der Waals surface area contributed by atoms with E-state index in [1.165, 1.54) is 48.2 Å². The molecular formula is C40H31ClFN3O6. The van der Waals surface area contributed by atoms with E-state index in [1.807, 2.05) is 6.08 Å². The Balaban J connectivity index is 1.29. The van der Waals surface area contributed by atoms with Crippen molar-refractivity contribution in [3.63, 3.8) is 0 Å². The summed E-state index contributed by atoms with van der Waals surface area (Å²) in [5, 5.41) is 11.7. The molecule has 2 saturated heterocycles. The lowest BCUT2D eigenvalue weighted by molar-refractivity contribution is -0.138. The summed E-state index contributed by atoms with van der Waals surface area (Å²) in [6, 6.07) is 24.9. The number of imide groups is 2. The fourth-order valence-electron chi connectivity index (χ4n) is 8.80. The van der Waals surface area contributed by atoms with Crippen molar-refractivity contribution in [1.29, 1.82) is 0 Å². The number of benzene rings is 4. The van der Waals surface area contributed by atoms with Gasteiger partial charge in [-0.1, -0.05) is 47.5 Å². The fourth-order valence-corrected chi connectivity index (χ4v) is 8.92. The van der Waals surface area contributed by atoms with Gasteiger partial charge in [0.15, 0.2) is 5.78 Å². The standard InChI is InChI=1S/C40H31ClFN3O6/c1-21(46)22-2-14-28(15-3-22)44-36(48)31-19-18-30-32(34(31)38(44)50)20-33-37(49)45(43-27-12-10-26(42)11-13-27)39(51)40(33,24-6-8-25(41)9-7-24)35(30)23-4-16-29(47)17-5-23/h2-18,31-35,43,47H,19-20H2,1H3/t31-,32+,33-,34-,35-,40+/m0/s1. The van der Waals surface area contributed by atoms with Crippen LogP contribution >= 0.6 is 11.6 Å². The molecule has 0 bridgehead atoms. The van der Waals surface area contributed by atoms with Gasteiger partial charge in [0.1, 0.15) is 11.6 Å². The number of fused-ring (bicyclic) bond motifs is 4. The second-order valence-electron chi connectivity index (χ2n) is 13.6. The number of hydrogen-bond acceptors (Lipinski definition) is 7. The van der Waals surface area contributed by atoms with Crippen molar-refractivity contribution >= 4 is 52.4 Å². The maximum atomic E-state index is 15.1. The van der Waals surface area contributed by atoms with Crippen LogP contribution in [-0.2, 0) is 24.6 Å². The van der Waals surface area contributed by atoms with E-state index in [0.717, 1.165) is 10.6 Å². The summed E-state index contributed by atoms with van der Waals surface area (Å²) in [4.78, 5) is 71.3. The van der Waals surface area contributed by atoms with Crippen molar-refractivity contribution in [3.05, 3.63) is 136 Å². The van der Waals surface area contributed by atoms with Gasteiger partial charge < -0.3 is 5.11 Å². The third-order valence-electron chi connectivity index (χ3n) is 11.0. The van der Waals surface area contributed by atoms with E-state index in [1.54, 1.807) is 60.7 Å². The Bertz CT molecular complexity index is 2150. The van der Waals surface area contributed by atoms with Crippen LogP contribution in [0.25, 0.3) is 0 Å². The number of anilines is 2. The van der Waals surface area contributed by atoms with E-state index in [4.69, 9.17) is 11.6 Å². The number of nitrogens with one attached hydrogen (secondary N) is 1. The first-order valence-electron chi connectivity index (χ1n) is 16.6. The second kappa shape index (κ2) is 12.0. The Hall–Kier alpha value is -5.61. The predicted octanol–water partition coefficient (Wildman–Crippen LogP) is 6.58. The number of phenols is 1. The molecule has 9 nitrogen and oxygen atoms in total. The van der Waals surface area contributed by atoms with E-state index in [0.29, 0.717) is 33.1 Å². The number of hydrazine groups is 1. The predicted molar refractivity (Wildman–Crippen MR) is 186 cm³/mol. The zero-order chi connectivity index (χ0) is 35.8. The summed E-state index contributed by atoms with van der Waals surface area (Å²) in [5.41, 5.74) is 4.47. The van der Waals surface area contributed by atoms with Crippen molar-refractivity contribution in [2.45, 2.75) is 31.1 Å². The van der Waals surface area contributed by atoms with Crippen LogP contribution in [0.2, 0.25) is 5.02 Å². The van der Waals surface area contributed by atoms with Crippen LogP contribution < -0.4 is 10.3 Å². The third kappa shape index (κ3) is 4.92. The van der Waals surface area contributed by atoms with E-state index in [-0.39, 0.29) is 30.3 Å². The Morgan fingerprint density at radius 3 is 2.16 bits per heavy atom. The van der Waals surface area contributed by atoms with Gasteiger partial charge in [0.05, 0.1) is 34.5 Å². The van der Waals surface area contributed by atoms with Crippen molar-refractivity contribution in [2.75, 3.05) is 10.3 Å². The molecular weight excluding hydrogens is 673 g/mol. The minimum atomic E-state index is -1.52. The van der Waals surface area contributed by atoms with Crippen LogP contribution in [0.5, 0.6) is 5.75 Å². The Morgan fingerprint density at radius 2 is 1.51 bits per heavy atom. The largest absolute Gasteiger partial charge is 0.508 e. The lowest BCUT2D eigenvalue weighted by Crippen LogP contribution is -2.53. The van der Waals surface area contributed by atoms with E-state index >= 15 is 4.79 Å². The first-order chi connectivity index (χ1) is 24.5. The first-order valence-corrected chi connectivity index (χ1v) is 17.0. The normalized spacial score (nSPS) is 26.8. The van der Waals surface area contributed by atoms with Crippen molar-refractivity contribution in [1.82, 2.24) is 5.01 Å². The summed E-state index contributed by atoms with van der Waals surface area (Å²) >= 11 is 6.33. The van der Waals surface area contributed by atoms with Crippen LogP contribution in [0.3, 0.4) is 0 Å². The molecule has 0 aromatic heterocycles. The minimum Gasteiger partial charge on any atom is -0.508 e. The van der Waals surface area contributed by atoms with Gasteiger partial charge in [-0.2, -0.15) is 5.01 Å². The van der Waals surface area contributed by atoms with Gasteiger partial charge in [-0.3, -0.25) is 34.3 Å². The number of ketones is 1. The number of amides is 4. The maximum absolute atomic E-state index is 15.1. The second-order valence-corrected chi connectivity index (χ2v) is 14.0. The molecule has 2 aliphatic carbocycles. The van der Waals surface area contributed by atoms with Crippen LogP contribution in [0.4, 0.5) is 15.8 Å². The summed E-state index contributed by atoms with van der Waals surface area (Å²) in [7, 11) is 0. The van der Waals surface area contributed by atoms with E-state index in [2.05, 4.69) is 5.43 Å². The Kier molecular flexibility index (Phi) is 7.68. The minimum absolute atomic E-state index is 0.0114. The maximum Gasteiger partial charge on any atom is 0.260 e. The zero-order valence-electron chi connectivity index (χ0n) is 27.3. The summed E-state index contributed by atoms with van der Waals surface area (Å²) in [6.07, 6.45) is 2.27. The average Bonchev–Trinajstić information content (AvgIpc) is 3.50. The number of phenolic OH excluding ortho intramolecular Hbond substituents is 1. The lowest BCUT2D eigenvalue weighted by atomic mass is 9.49. The SMILES string of the molecule is CC(=O)c1ccc(N2C(=O)[C@H]3[C@H](CC=C4[C@H]3C[C@H]3C(=O)N(Nc5ccc(F)cc5)C(=O)[C@@]3(c3ccc(Cl)cc3)[C@H]4c3ccc(O)cc3)C2=O)cc1. The molecule has 256 valence electrons. The zero-order valence-corrected chi connectivity index (χ0v) is 28.0. The number of nitrogens with zero attached hydrogens (tertiary/aromatic N) is 2. The van der Waals surface area contributed by atoms with Gasteiger partial charge in [0.2, 0.25) is 11.8 Å². The number of Topliss-reactive ketones (excluding diaryl/α,β-unsaturated/α-hetero) is 1. The molecule has 6 atom stereocenters. The first kappa shape index (κ1) is 32.6. The number of carbonyl (C=O) groups excluding carboxylic acids is 5. The number of aromatic hydroxyl groups is 1. The van der Waals surface area contributed by atoms with Gasteiger partial charge in [0.25, 0.3) is 11.8 Å². The molecule has 8 rings (SSSR count). The number of hydrogen-bond donors (Lipinski definition) is 2. The van der Waals surface area contributed by atoms with Gasteiger partial charge >= 0.3 is 0 Å². The molecule has 0 radical (unpaired) electrons. The lowest BCUT2D eigenvalue weighted by Gasteiger charge is -2.50. The van der Waals surface area contributed by atoms with Gasteiger partial charge in [0, 0.05) is 16.5 Å². The number of carbonyl (C=O) groups is 5. The third-order valence-corrected chi connectivity index (χ3v) is 11.3. The van der Waals surface area contributed by atoms with Crippen LogP contribution in [0.15, 0.2) is 109 Å². The molecule has 4 aromatic rings. The summed E-state index contributed by atoms with van der Waals surface area (Å²) in [5.74, 6) is -6.32. The highest BCUT2D eigenvalue weighted by Gasteiger charge is 2.70. The Labute approximate surface area is 297 Å². The average molecular weight is 704 g/mol. The van der Waals surface area contributed by atoms with Gasteiger partial charge in [-0.15, -0.1) is 0 Å². The van der Waals surface area contributed by atoms with E-state index in [9.17, 15) is 28.7 Å². The smallest absolute Gasteiger partial charge is 0.260 e. The molecule has 11 heteroatoms. The number of rotatable bonds is 6. The van der Waals surface area contributed by atoms with Crippen molar-refractivity contribution in [2.24, 2.45) is 23.7 Å². The Morgan fingerprint density at radius 1 is 0.843 bits per heavy atom. The number of allylic oxidation sites excluding steroid dienone is 2. The highest BCUT2D eigenvalue weighted by Crippen LogP contribution is 2.64. The van der Waals surface area contributed by atoms with Gasteiger partial charge in [-0.05, 0) is 110 Å². The molecule has 3 fully saturated rings. The molecule has 4 aromatic carbocycles. The molecule has 2 N–H and O–H groups in total. The monoisotopic (exact) mass is 703 g/mol. The molecule has 4 amide bonds. The summed E-state index contributed by atoms with van der Waals surface area (Å²) < 4.78 is 13.8. The van der Waals surface area contributed by atoms with Crippen LogP contribution in [0, 0.1) is 29.5 Å². The highest BCUT2D eigenvalue weighted by atomic mass is 35.5. The van der Waals surface area contributed by atoms with Gasteiger partial charge in [-0.25, -0.2) is 4.39 Å². The van der Waals surface area contributed by atoms with E-state index < -0.39 is 58.5 Å². The quantitative estimate of drug-likeness (QED) is 0.132. The summed E-state index contributed by atoms with van der Waals surface area (Å²) in [6.45, 7) is 1.44. The molecule has 51 heavy (non-hydrogen) atoms. The van der Waals surface area contributed by atoms with Crippen molar-refractivity contribution < 1.29 is 33.5 Å². The molecule has 0 unspecified atom stereocenters. The molecule has 2 heterocycles. The topological polar surface area (TPSA) is 124 Å². The number of halogens is 2. The highest BCUT2D eigenvalue weighted by molar-refractivity contribution is 6.30. The molecule has 2 aliphatic heterocycles. The molecule has 1 saturated carbocycles. The fraction of sp³-hybridized carbons (Fsp3) is 0.225. The van der Waals surface area contributed by atoms with Crippen molar-refractivity contribution in [3.8, 4) is 5.75 Å². The van der Waals surface area contributed by atoms with Crippen LogP contribution in [0.1, 0.15) is 47.2 Å². The van der Waals surface area contributed by atoms with Crippen LogP contribution in [-0.4, -0.2) is 39.5 Å².